The third-order valence-corrected chi connectivity index (χ3v) is 3.08. The van der Waals surface area contributed by atoms with E-state index in [1.54, 1.807) is 6.07 Å². The summed E-state index contributed by atoms with van der Waals surface area (Å²) < 4.78 is 5.36. The molecule has 1 fully saturated rings. The number of para-hydroxylation sites is 1. The molecule has 1 aromatic rings. The predicted molar refractivity (Wildman–Crippen MR) is 60.3 cm³/mol. The highest BCUT2D eigenvalue weighted by Crippen LogP contribution is 2.52. The summed E-state index contributed by atoms with van der Waals surface area (Å²) in [6.07, 6.45) is 1.99. The third-order valence-electron chi connectivity index (χ3n) is 3.08. The minimum absolute atomic E-state index is 0.105. The monoisotopic (exact) mass is 223 g/mol. The van der Waals surface area contributed by atoms with E-state index in [0.29, 0.717) is 19.0 Å². The van der Waals surface area contributed by atoms with Gasteiger partial charge in [-0.05, 0) is 25.8 Å². The van der Waals surface area contributed by atoms with Gasteiger partial charge in [-0.15, -0.1) is 0 Å². The van der Waals surface area contributed by atoms with Crippen molar-refractivity contribution >= 4 is 0 Å². The zero-order valence-electron chi connectivity index (χ0n) is 9.40. The second kappa shape index (κ2) is 4.31. The van der Waals surface area contributed by atoms with E-state index >= 15 is 0 Å². The molecule has 0 atom stereocenters. The van der Waals surface area contributed by atoms with Crippen molar-refractivity contribution in [2.45, 2.75) is 25.2 Å². The van der Waals surface area contributed by atoms with Gasteiger partial charge in [0.15, 0.2) is 11.5 Å². The molecule has 0 bridgehead atoms. The normalized spacial score (nSPS) is 17.1. The predicted octanol–water partition coefficient (Wildman–Crippen LogP) is 1.71. The van der Waals surface area contributed by atoms with E-state index in [4.69, 9.17) is 15.5 Å². The number of ether oxygens (including phenoxy) is 1. The van der Waals surface area contributed by atoms with Gasteiger partial charge in [-0.25, -0.2) is 5.90 Å². The van der Waals surface area contributed by atoms with Crippen LogP contribution in [0.25, 0.3) is 0 Å². The van der Waals surface area contributed by atoms with E-state index in [0.717, 1.165) is 18.4 Å². The summed E-state index contributed by atoms with van der Waals surface area (Å²) in [4.78, 5) is 4.73. The summed E-state index contributed by atoms with van der Waals surface area (Å²) in [5, 5.41) is 10.1. The molecule has 0 spiro atoms. The van der Waals surface area contributed by atoms with Crippen molar-refractivity contribution in [2.75, 3.05) is 13.2 Å². The smallest absolute Gasteiger partial charge is 0.161 e. The Hall–Kier alpha value is -1.26. The molecule has 0 amide bonds. The molecule has 0 heterocycles. The topological polar surface area (TPSA) is 64.7 Å². The lowest BCUT2D eigenvalue weighted by molar-refractivity contribution is 0.115. The number of phenolic OH excluding ortho intramolecular Hbond substituents is 1. The molecule has 3 N–H and O–H groups in total. The van der Waals surface area contributed by atoms with Crippen molar-refractivity contribution in [3.8, 4) is 11.5 Å². The zero-order valence-corrected chi connectivity index (χ0v) is 9.40. The number of phenols is 1. The summed E-state index contributed by atoms with van der Waals surface area (Å²) in [5.41, 5.74) is 0.773. The number of hydrogen-bond donors (Lipinski definition) is 2. The lowest BCUT2D eigenvalue weighted by Crippen LogP contribution is -2.18. The average molecular weight is 223 g/mol. The molecule has 0 unspecified atom stereocenters. The van der Waals surface area contributed by atoms with Gasteiger partial charge >= 0.3 is 0 Å². The fraction of sp³-hybridized carbons (Fsp3) is 0.500. The molecule has 16 heavy (non-hydrogen) atoms. The first-order valence-electron chi connectivity index (χ1n) is 5.50. The fourth-order valence-electron chi connectivity index (χ4n) is 2.02. The highest BCUT2D eigenvalue weighted by molar-refractivity contribution is 5.51. The van der Waals surface area contributed by atoms with Gasteiger partial charge in [-0.2, -0.15) is 0 Å². The van der Waals surface area contributed by atoms with Gasteiger partial charge in [0.1, 0.15) is 0 Å². The van der Waals surface area contributed by atoms with Gasteiger partial charge in [-0.1, -0.05) is 12.1 Å². The summed E-state index contributed by atoms with van der Waals surface area (Å²) in [6.45, 7) is 2.87. The Bertz CT molecular complexity index is 375. The van der Waals surface area contributed by atoms with Gasteiger partial charge in [-0.3, -0.25) is 0 Å². The number of nitrogens with two attached hydrogens (primary N) is 1. The maximum Gasteiger partial charge on any atom is 0.161 e. The quantitative estimate of drug-likeness (QED) is 0.746. The number of benzene rings is 1. The molecule has 0 saturated heterocycles. The second-order valence-electron chi connectivity index (χ2n) is 4.18. The van der Waals surface area contributed by atoms with E-state index in [2.05, 4.69) is 0 Å². The molecule has 1 aromatic carbocycles. The van der Waals surface area contributed by atoms with Crippen LogP contribution < -0.4 is 10.6 Å². The van der Waals surface area contributed by atoms with Crippen molar-refractivity contribution < 1.29 is 14.7 Å². The van der Waals surface area contributed by atoms with Crippen molar-refractivity contribution in [1.29, 1.82) is 0 Å². The van der Waals surface area contributed by atoms with Gasteiger partial charge in [0.05, 0.1) is 13.2 Å². The summed E-state index contributed by atoms with van der Waals surface area (Å²) in [5.74, 6) is 5.88. The summed E-state index contributed by atoms with van der Waals surface area (Å²) in [7, 11) is 0. The van der Waals surface area contributed by atoms with Crippen molar-refractivity contribution in [2.24, 2.45) is 5.90 Å². The van der Waals surface area contributed by atoms with E-state index in [-0.39, 0.29) is 11.2 Å². The van der Waals surface area contributed by atoms with Crippen LogP contribution >= 0.6 is 0 Å². The van der Waals surface area contributed by atoms with E-state index in [1.165, 1.54) is 0 Å². The first-order chi connectivity index (χ1) is 7.73. The Kier molecular flexibility index (Phi) is 3.03. The largest absolute Gasteiger partial charge is 0.504 e. The maximum absolute atomic E-state index is 10.1. The van der Waals surface area contributed by atoms with E-state index < -0.39 is 0 Å². The summed E-state index contributed by atoms with van der Waals surface area (Å²) in [6, 6.07) is 5.56. The van der Waals surface area contributed by atoms with Crippen LogP contribution in [-0.2, 0) is 10.3 Å². The Morgan fingerprint density at radius 3 is 2.75 bits per heavy atom. The molecular weight excluding hydrogens is 206 g/mol. The standard InChI is InChI=1S/C12H17NO3/c1-2-15-10-5-3-4-9(11(10)14)12(6-7-12)8-16-13/h3-5,14H,2,6-8,13H2,1H3. The first kappa shape index (κ1) is 11.2. The molecular formula is C12H17NO3. The zero-order chi connectivity index (χ0) is 11.6. The minimum Gasteiger partial charge on any atom is -0.504 e. The lowest BCUT2D eigenvalue weighted by atomic mass is 9.95. The Morgan fingerprint density at radius 1 is 1.44 bits per heavy atom. The molecule has 2 rings (SSSR count). The van der Waals surface area contributed by atoms with Crippen LogP contribution in [0.4, 0.5) is 0 Å². The SMILES string of the molecule is CCOc1cccc(C2(CON)CC2)c1O. The molecule has 4 heteroatoms. The maximum atomic E-state index is 10.1. The van der Waals surface area contributed by atoms with E-state index in [9.17, 15) is 5.11 Å². The molecule has 0 aromatic heterocycles. The third kappa shape index (κ3) is 1.86. The second-order valence-corrected chi connectivity index (χ2v) is 4.18. The first-order valence-corrected chi connectivity index (χ1v) is 5.50. The lowest BCUT2D eigenvalue weighted by Gasteiger charge is -2.17. The van der Waals surface area contributed by atoms with Gasteiger partial charge < -0.3 is 14.7 Å². The van der Waals surface area contributed by atoms with Crippen LogP contribution in [0.15, 0.2) is 18.2 Å². The van der Waals surface area contributed by atoms with Crippen molar-refractivity contribution in [1.82, 2.24) is 0 Å². The Morgan fingerprint density at radius 2 is 2.19 bits per heavy atom. The van der Waals surface area contributed by atoms with Crippen molar-refractivity contribution in [3.63, 3.8) is 0 Å². The highest BCUT2D eigenvalue weighted by atomic mass is 16.6. The molecule has 0 radical (unpaired) electrons. The van der Waals surface area contributed by atoms with Gasteiger partial charge in [0.25, 0.3) is 0 Å². The molecule has 4 nitrogen and oxygen atoms in total. The number of hydrogen-bond acceptors (Lipinski definition) is 4. The van der Waals surface area contributed by atoms with Crippen LogP contribution in [0.5, 0.6) is 11.5 Å². The van der Waals surface area contributed by atoms with E-state index in [1.807, 2.05) is 19.1 Å². The molecule has 1 saturated carbocycles. The molecule has 88 valence electrons. The van der Waals surface area contributed by atoms with Crippen LogP contribution in [0.2, 0.25) is 0 Å². The highest BCUT2D eigenvalue weighted by Gasteiger charge is 2.46. The minimum atomic E-state index is -0.105. The van der Waals surface area contributed by atoms with Gasteiger partial charge in [0.2, 0.25) is 0 Å². The van der Waals surface area contributed by atoms with Crippen LogP contribution in [-0.4, -0.2) is 18.3 Å². The average Bonchev–Trinajstić information content (AvgIpc) is 3.03. The molecule has 1 aliphatic carbocycles. The van der Waals surface area contributed by atoms with Crippen LogP contribution in [0.1, 0.15) is 25.3 Å². The summed E-state index contributed by atoms with van der Waals surface area (Å²) >= 11 is 0. The Labute approximate surface area is 94.9 Å². The number of rotatable bonds is 5. The van der Waals surface area contributed by atoms with Crippen molar-refractivity contribution in [3.05, 3.63) is 23.8 Å². The number of aromatic hydroxyl groups is 1. The van der Waals surface area contributed by atoms with Crippen LogP contribution in [0.3, 0.4) is 0 Å². The fourth-order valence-corrected chi connectivity index (χ4v) is 2.02. The van der Waals surface area contributed by atoms with Gasteiger partial charge in [0, 0.05) is 11.0 Å². The Balaban J connectivity index is 2.31. The van der Waals surface area contributed by atoms with Crippen LogP contribution in [0, 0.1) is 0 Å². The molecule has 1 aliphatic rings. The molecule has 0 aliphatic heterocycles.